The number of amides is 1. The second-order valence-electron chi connectivity index (χ2n) is 2.68. The molecule has 1 amide bonds. The van der Waals surface area contributed by atoms with Gasteiger partial charge in [-0.15, -0.1) is 4.91 Å². The van der Waals surface area contributed by atoms with E-state index in [2.05, 4.69) is 10.5 Å². The maximum Gasteiger partial charge on any atom is 0.252 e. The third kappa shape index (κ3) is 1.87. The van der Waals surface area contributed by atoms with Gasteiger partial charge in [-0.25, -0.2) is 0 Å². The molecule has 0 saturated carbocycles. The molecule has 0 bridgehead atoms. The van der Waals surface area contributed by atoms with Gasteiger partial charge in [0.05, 0.1) is 0 Å². The molecule has 5 heteroatoms. The maximum atomic E-state index is 11.2. The minimum atomic E-state index is -1.19. The Hall–Kier alpha value is -1.91. The normalized spacial score (nSPS) is 11.8. The molecule has 1 aromatic rings. The van der Waals surface area contributed by atoms with Gasteiger partial charge in [-0.05, 0) is 6.07 Å². The minimum absolute atomic E-state index is 0.110. The molecule has 1 rings (SSSR count). The van der Waals surface area contributed by atoms with Crippen LogP contribution in [0, 0.1) is 4.91 Å². The maximum absolute atomic E-state index is 11.2. The summed E-state index contributed by atoms with van der Waals surface area (Å²) in [4.78, 5) is 21.6. The number of carbonyl (C=O) groups is 1. The van der Waals surface area contributed by atoms with Gasteiger partial charge < -0.3 is 10.4 Å². The quantitative estimate of drug-likeness (QED) is 0.703. The zero-order chi connectivity index (χ0) is 10.6. The molecule has 0 spiro atoms. The second kappa shape index (κ2) is 4.36. The number of phenols is 1. The molecule has 0 radical (unpaired) electrons. The van der Waals surface area contributed by atoms with E-state index >= 15 is 0 Å². The van der Waals surface area contributed by atoms with Crippen LogP contribution in [-0.4, -0.2) is 18.1 Å². The molecular weight excluding hydrogens is 184 g/mol. The Morgan fingerprint density at radius 1 is 1.50 bits per heavy atom. The Labute approximate surface area is 80.7 Å². The van der Waals surface area contributed by atoms with Crippen molar-refractivity contribution in [2.45, 2.75) is 6.04 Å². The van der Waals surface area contributed by atoms with Crippen molar-refractivity contribution in [2.24, 2.45) is 5.18 Å². The Morgan fingerprint density at radius 3 is 2.64 bits per heavy atom. The van der Waals surface area contributed by atoms with E-state index < -0.39 is 11.9 Å². The third-order valence-electron chi connectivity index (χ3n) is 1.83. The lowest BCUT2D eigenvalue weighted by Gasteiger charge is -2.08. The van der Waals surface area contributed by atoms with Gasteiger partial charge in [-0.3, -0.25) is 4.79 Å². The topological polar surface area (TPSA) is 78.8 Å². The van der Waals surface area contributed by atoms with Crippen molar-refractivity contribution in [1.29, 1.82) is 0 Å². The van der Waals surface area contributed by atoms with Crippen molar-refractivity contribution in [3.63, 3.8) is 0 Å². The Morgan fingerprint density at radius 2 is 2.14 bits per heavy atom. The molecule has 74 valence electrons. The third-order valence-corrected chi connectivity index (χ3v) is 1.83. The van der Waals surface area contributed by atoms with E-state index in [0.717, 1.165) is 0 Å². The van der Waals surface area contributed by atoms with Crippen LogP contribution in [0.2, 0.25) is 0 Å². The highest BCUT2D eigenvalue weighted by Crippen LogP contribution is 2.26. The van der Waals surface area contributed by atoms with E-state index in [9.17, 15) is 14.8 Å². The standard InChI is InChI=1S/C9H10N2O3/c1-10-9(13)8(11-14)6-4-2-3-5-7(6)12/h2-5,8,12H,1H3,(H,10,13). The summed E-state index contributed by atoms with van der Waals surface area (Å²) in [5.74, 6) is -0.651. The largest absolute Gasteiger partial charge is 0.508 e. The number of hydrogen-bond acceptors (Lipinski definition) is 4. The van der Waals surface area contributed by atoms with Gasteiger partial charge in [0, 0.05) is 12.6 Å². The Balaban J connectivity index is 3.07. The number of carbonyl (C=O) groups excluding carboxylic acids is 1. The first-order chi connectivity index (χ1) is 6.70. The predicted octanol–water partition coefficient (Wildman–Crippen LogP) is 0.946. The summed E-state index contributed by atoms with van der Waals surface area (Å²) < 4.78 is 0. The SMILES string of the molecule is CNC(=O)C(N=O)c1ccccc1O. The number of hydrogen-bond donors (Lipinski definition) is 2. The van der Waals surface area contributed by atoms with Crippen LogP contribution in [0.15, 0.2) is 29.4 Å². The highest BCUT2D eigenvalue weighted by atomic mass is 16.3. The smallest absolute Gasteiger partial charge is 0.252 e. The van der Waals surface area contributed by atoms with Gasteiger partial charge in [0.15, 0.2) is 6.04 Å². The van der Waals surface area contributed by atoms with Gasteiger partial charge in [0.25, 0.3) is 5.91 Å². The highest BCUT2D eigenvalue weighted by Gasteiger charge is 2.22. The number of aromatic hydroxyl groups is 1. The van der Waals surface area contributed by atoms with Gasteiger partial charge in [0.1, 0.15) is 5.75 Å². The van der Waals surface area contributed by atoms with Crippen LogP contribution in [0.5, 0.6) is 5.75 Å². The van der Waals surface area contributed by atoms with Crippen molar-refractivity contribution in [2.75, 3.05) is 7.05 Å². The van der Waals surface area contributed by atoms with E-state index in [1.807, 2.05) is 0 Å². The van der Waals surface area contributed by atoms with Crippen molar-refractivity contribution in [3.05, 3.63) is 34.7 Å². The first kappa shape index (κ1) is 10.2. The minimum Gasteiger partial charge on any atom is -0.508 e. The van der Waals surface area contributed by atoms with Crippen LogP contribution in [0.3, 0.4) is 0 Å². The van der Waals surface area contributed by atoms with Crippen molar-refractivity contribution >= 4 is 5.91 Å². The Bertz CT molecular complexity index is 352. The number of nitrogens with zero attached hydrogens (tertiary/aromatic N) is 1. The zero-order valence-corrected chi connectivity index (χ0v) is 7.60. The summed E-state index contributed by atoms with van der Waals surface area (Å²) in [6.45, 7) is 0. The Kier molecular flexibility index (Phi) is 3.17. The number of rotatable bonds is 3. The number of likely N-dealkylation sites (N-methyl/N-ethyl adjacent to an activating group) is 1. The molecule has 5 nitrogen and oxygen atoms in total. The van der Waals surface area contributed by atoms with Crippen LogP contribution in [0.4, 0.5) is 0 Å². The van der Waals surface area contributed by atoms with Crippen LogP contribution < -0.4 is 5.32 Å². The molecule has 0 heterocycles. The molecule has 2 N–H and O–H groups in total. The van der Waals surface area contributed by atoms with E-state index in [4.69, 9.17) is 0 Å². The molecule has 0 aliphatic heterocycles. The summed E-state index contributed by atoms with van der Waals surface area (Å²) in [5.41, 5.74) is 0.210. The molecule has 0 fully saturated rings. The van der Waals surface area contributed by atoms with Gasteiger partial charge in [0.2, 0.25) is 0 Å². The highest BCUT2D eigenvalue weighted by molar-refractivity contribution is 5.83. The first-order valence-electron chi connectivity index (χ1n) is 4.02. The number of nitrogens with one attached hydrogen (secondary N) is 1. The van der Waals surface area contributed by atoms with E-state index in [-0.39, 0.29) is 11.3 Å². The van der Waals surface area contributed by atoms with Crippen LogP contribution in [0.1, 0.15) is 11.6 Å². The monoisotopic (exact) mass is 194 g/mol. The average molecular weight is 194 g/mol. The van der Waals surface area contributed by atoms with Crippen molar-refractivity contribution < 1.29 is 9.90 Å². The van der Waals surface area contributed by atoms with Crippen LogP contribution in [-0.2, 0) is 4.79 Å². The van der Waals surface area contributed by atoms with E-state index in [1.165, 1.54) is 19.2 Å². The molecule has 0 saturated heterocycles. The summed E-state index contributed by atoms with van der Waals surface area (Å²) >= 11 is 0. The number of benzene rings is 1. The summed E-state index contributed by atoms with van der Waals surface area (Å²) in [6.07, 6.45) is 0. The van der Waals surface area contributed by atoms with Crippen LogP contribution >= 0.6 is 0 Å². The number of para-hydroxylation sites is 1. The van der Waals surface area contributed by atoms with E-state index in [1.54, 1.807) is 12.1 Å². The van der Waals surface area contributed by atoms with Gasteiger partial charge in [-0.1, -0.05) is 23.4 Å². The molecule has 0 aromatic heterocycles. The predicted molar refractivity (Wildman–Crippen MR) is 50.7 cm³/mol. The summed E-state index contributed by atoms with van der Waals surface area (Å²) in [5, 5.41) is 14.3. The summed E-state index contributed by atoms with van der Waals surface area (Å²) in [6, 6.07) is 4.91. The fraction of sp³-hybridized carbons (Fsp3) is 0.222. The molecule has 1 unspecified atom stereocenters. The molecule has 0 aliphatic rings. The lowest BCUT2D eigenvalue weighted by molar-refractivity contribution is -0.121. The lowest BCUT2D eigenvalue weighted by atomic mass is 10.1. The number of nitroso groups, excluding NO2 is 1. The second-order valence-corrected chi connectivity index (χ2v) is 2.68. The molecule has 1 atom stereocenters. The summed E-state index contributed by atoms with van der Waals surface area (Å²) in [7, 11) is 1.40. The fourth-order valence-electron chi connectivity index (χ4n) is 1.10. The molecule has 1 aromatic carbocycles. The van der Waals surface area contributed by atoms with E-state index in [0.29, 0.717) is 0 Å². The molecule has 14 heavy (non-hydrogen) atoms. The van der Waals surface area contributed by atoms with Gasteiger partial charge >= 0.3 is 0 Å². The molecule has 0 aliphatic carbocycles. The van der Waals surface area contributed by atoms with Gasteiger partial charge in [-0.2, -0.15) is 0 Å². The lowest BCUT2D eigenvalue weighted by Crippen LogP contribution is -2.24. The van der Waals surface area contributed by atoms with Crippen molar-refractivity contribution in [3.8, 4) is 5.75 Å². The fourth-order valence-corrected chi connectivity index (χ4v) is 1.10. The molecular formula is C9H10N2O3. The number of phenolic OH excluding ortho intramolecular Hbond substituents is 1. The first-order valence-corrected chi connectivity index (χ1v) is 4.02. The average Bonchev–Trinajstić information content (AvgIpc) is 2.21. The van der Waals surface area contributed by atoms with Crippen molar-refractivity contribution in [1.82, 2.24) is 5.32 Å². The van der Waals surface area contributed by atoms with Crippen LogP contribution in [0.25, 0.3) is 0 Å². The zero-order valence-electron chi connectivity index (χ0n) is 7.60.